The summed E-state index contributed by atoms with van der Waals surface area (Å²) in [5.74, 6) is 1.35. The standard InChI is InChI=1S/C16H16FNO2/c1-11-13(17)3-2-4-14(11)18-10-12-5-6-15-16(9-12)20-8-7-19-15/h2-6,9,18H,7-8,10H2,1H3. The predicted octanol–water partition coefficient (Wildman–Crippen LogP) is 3.52. The summed E-state index contributed by atoms with van der Waals surface area (Å²) in [5, 5.41) is 3.24. The Labute approximate surface area is 117 Å². The van der Waals surface area contributed by atoms with Crippen molar-refractivity contribution in [1.82, 2.24) is 0 Å². The van der Waals surface area contributed by atoms with Crippen LogP contribution in [-0.2, 0) is 6.54 Å². The molecule has 0 saturated heterocycles. The first-order valence-electron chi connectivity index (χ1n) is 6.61. The minimum absolute atomic E-state index is 0.197. The molecule has 0 radical (unpaired) electrons. The topological polar surface area (TPSA) is 30.5 Å². The van der Waals surface area contributed by atoms with Gasteiger partial charge in [0.1, 0.15) is 19.0 Å². The van der Waals surface area contributed by atoms with Crippen LogP contribution in [0.15, 0.2) is 36.4 Å². The van der Waals surface area contributed by atoms with E-state index in [9.17, 15) is 4.39 Å². The van der Waals surface area contributed by atoms with Crippen LogP contribution < -0.4 is 14.8 Å². The number of benzene rings is 2. The Balaban J connectivity index is 1.73. The third-order valence-electron chi connectivity index (χ3n) is 3.36. The number of hydrogen-bond acceptors (Lipinski definition) is 3. The van der Waals surface area contributed by atoms with Crippen LogP contribution in [0, 0.1) is 12.7 Å². The molecule has 3 rings (SSSR count). The Morgan fingerprint density at radius 1 is 1.10 bits per heavy atom. The average molecular weight is 273 g/mol. The van der Waals surface area contributed by atoms with Gasteiger partial charge in [0.15, 0.2) is 11.5 Å². The van der Waals surface area contributed by atoms with Crippen LogP contribution in [0.5, 0.6) is 11.5 Å². The Kier molecular flexibility index (Phi) is 3.46. The molecule has 1 aliphatic heterocycles. The van der Waals surface area contributed by atoms with Crippen LogP contribution in [0.1, 0.15) is 11.1 Å². The smallest absolute Gasteiger partial charge is 0.161 e. The van der Waals surface area contributed by atoms with Gasteiger partial charge in [-0.2, -0.15) is 0 Å². The average Bonchev–Trinajstić information content (AvgIpc) is 2.48. The van der Waals surface area contributed by atoms with Crippen LogP contribution in [0.4, 0.5) is 10.1 Å². The molecule has 0 aromatic heterocycles. The summed E-state index contributed by atoms with van der Waals surface area (Å²) in [7, 11) is 0. The van der Waals surface area contributed by atoms with Gasteiger partial charge in [0, 0.05) is 17.8 Å². The summed E-state index contributed by atoms with van der Waals surface area (Å²) in [5.41, 5.74) is 2.50. The number of ether oxygens (including phenoxy) is 2. The summed E-state index contributed by atoms with van der Waals surface area (Å²) in [4.78, 5) is 0. The van der Waals surface area contributed by atoms with Crippen molar-refractivity contribution >= 4 is 5.69 Å². The van der Waals surface area contributed by atoms with Crippen LogP contribution in [0.2, 0.25) is 0 Å². The van der Waals surface area contributed by atoms with E-state index in [1.54, 1.807) is 13.0 Å². The first kappa shape index (κ1) is 12.8. The molecular weight excluding hydrogens is 257 g/mol. The van der Waals surface area contributed by atoms with Gasteiger partial charge in [-0.15, -0.1) is 0 Å². The second kappa shape index (κ2) is 5.41. The van der Waals surface area contributed by atoms with Crippen molar-refractivity contribution in [1.29, 1.82) is 0 Å². The number of fused-ring (bicyclic) bond motifs is 1. The zero-order valence-corrected chi connectivity index (χ0v) is 11.3. The molecular formula is C16H16FNO2. The molecule has 0 amide bonds. The van der Waals surface area contributed by atoms with E-state index in [0.29, 0.717) is 25.3 Å². The van der Waals surface area contributed by atoms with E-state index < -0.39 is 0 Å². The molecule has 0 saturated carbocycles. The van der Waals surface area contributed by atoms with Gasteiger partial charge < -0.3 is 14.8 Å². The second-order valence-corrected chi connectivity index (χ2v) is 4.74. The molecule has 2 aromatic rings. The molecule has 20 heavy (non-hydrogen) atoms. The molecule has 1 heterocycles. The maximum absolute atomic E-state index is 13.5. The molecule has 0 aliphatic carbocycles. The van der Waals surface area contributed by atoms with E-state index in [1.165, 1.54) is 6.07 Å². The summed E-state index contributed by atoms with van der Waals surface area (Å²) in [6, 6.07) is 10.9. The van der Waals surface area contributed by atoms with Crippen molar-refractivity contribution in [3.05, 3.63) is 53.3 Å². The number of hydrogen-bond donors (Lipinski definition) is 1. The van der Waals surface area contributed by atoms with Gasteiger partial charge >= 0.3 is 0 Å². The first-order valence-corrected chi connectivity index (χ1v) is 6.61. The maximum atomic E-state index is 13.5. The lowest BCUT2D eigenvalue weighted by Crippen LogP contribution is -2.15. The van der Waals surface area contributed by atoms with Crippen LogP contribution in [-0.4, -0.2) is 13.2 Å². The Bertz CT molecular complexity index is 628. The Morgan fingerprint density at radius 2 is 1.90 bits per heavy atom. The number of halogens is 1. The van der Waals surface area contributed by atoms with E-state index in [2.05, 4.69) is 5.32 Å². The fourth-order valence-electron chi connectivity index (χ4n) is 2.19. The van der Waals surface area contributed by atoms with Gasteiger partial charge in [0.25, 0.3) is 0 Å². The van der Waals surface area contributed by atoms with Crippen molar-refractivity contribution in [2.45, 2.75) is 13.5 Å². The highest BCUT2D eigenvalue weighted by Gasteiger charge is 2.11. The zero-order valence-electron chi connectivity index (χ0n) is 11.3. The predicted molar refractivity (Wildman–Crippen MR) is 75.9 cm³/mol. The highest BCUT2D eigenvalue weighted by molar-refractivity contribution is 5.52. The molecule has 104 valence electrons. The number of rotatable bonds is 3. The first-order chi connectivity index (χ1) is 9.74. The van der Waals surface area contributed by atoms with E-state index >= 15 is 0 Å². The lowest BCUT2D eigenvalue weighted by atomic mass is 10.1. The van der Waals surface area contributed by atoms with Crippen molar-refractivity contribution in [2.24, 2.45) is 0 Å². The van der Waals surface area contributed by atoms with Gasteiger partial charge in [-0.05, 0) is 36.8 Å². The summed E-state index contributed by atoms with van der Waals surface area (Å²) in [6.45, 7) is 3.54. The highest BCUT2D eigenvalue weighted by Crippen LogP contribution is 2.31. The normalized spacial score (nSPS) is 13.1. The molecule has 0 unspecified atom stereocenters. The quantitative estimate of drug-likeness (QED) is 0.928. The lowest BCUT2D eigenvalue weighted by molar-refractivity contribution is 0.171. The summed E-state index contributed by atoms with van der Waals surface area (Å²) < 4.78 is 24.5. The van der Waals surface area contributed by atoms with Crippen molar-refractivity contribution in [3.63, 3.8) is 0 Å². The zero-order chi connectivity index (χ0) is 13.9. The highest BCUT2D eigenvalue weighted by atomic mass is 19.1. The number of anilines is 1. The van der Waals surface area contributed by atoms with Gasteiger partial charge in [-0.1, -0.05) is 12.1 Å². The van der Waals surface area contributed by atoms with E-state index in [1.807, 2.05) is 24.3 Å². The second-order valence-electron chi connectivity index (χ2n) is 4.74. The van der Waals surface area contributed by atoms with Gasteiger partial charge in [0.2, 0.25) is 0 Å². The molecule has 1 N–H and O–H groups in total. The lowest BCUT2D eigenvalue weighted by Gasteiger charge is -2.19. The van der Waals surface area contributed by atoms with E-state index in [4.69, 9.17) is 9.47 Å². The van der Waals surface area contributed by atoms with E-state index in [0.717, 1.165) is 22.7 Å². The third kappa shape index (κ3) is 2.54. The molecule has 4 heteroatoms. The van der Waals surface area contributed by atoms with E-state index in [-0.39, 0.29) is 5.82 Å². The molecule has 0 atom stereocenters. The minimum atomic E-state index is -0.197. The molecule has 3 nitrogen and oxygen atoms in total. The summed E-state index contributed by atoms with van der Waals surface area (Å²) >= 11 is 0. The SMILES string of the molecule is Cc1c(F)cccc1NCc1ccc2c(c1)OCCO2. The van der Waals surface area contributed by atoms with Crippen LogP contribution in [0.25, 0.3) is 0 Å². The largest absolute Gasteiger partial charge is 0.486 e. The third-order valence-corrected chi connectivity index (χ3v) is 3.36. The fourth-order valence-corrected chi connectivity index (χ4v) is 2.19. The summed E-state index contributed by atoms with van der Waals surface area (Å²) in [6.07, 6.45) is 0. The van der Waals surface area contributed by atoms with Crippen molar-refractivity contribution < 1.29 is 13.9 Å². The van der Waals surface area contributed by atoms with Crippen LogP contribution >= 0.6 is 0 Å². The van der Waals surface area contributed by atoms with Crippen molar-refractivity contribution in [3.8, 4) is 11.5 Å². The molecule has 0 spiro atoms. The molecule has 0 bridgehead atoms. The van der Waals surface area contributed by atoms with Crippen molar-refractivity contribution in [2.75, 3.05) is 18.5 Å². The minimum Gasteiger partial charge on any atom is -0.486 e. The maximum Gasteiger partial charge on any atom is 0.161 e. The fraction of sp³-hybridized carbons (Fsp3) is 0.250. The molecule has 0 fully saturated rings. The van der Waals surface area contributed by atoms with Gasteiger partial charge in [-0.3, -0.25) is 0 Å². The molecule has 2 aromatic carbocycles. The number of nitrogens with one attached hydrogen (secondary N) is 1. The Morgan fingerprint density at radius 3 is 2.75 bits per heavy atom. The van der Waals surface area contributed by atoms with Crippen LogP contribution in [0.3, 0.4) is 0 Å². The van der Waals surface area contributed by atoms with Gasteiger partial charge in [0.05, 0.1) is 0 Å². The Hall–Kier alpha value is -2.23. The monoisotopic (exact) mass is 273 g/mol. The van der Waals surface area contributed by atoms with Gasteiger partial charge in [-0.25, -0.2) is 4.39 Å². The molecule has 1 aliphatic rings.